The van der Waals surface area contributed by atoms with E-state index in [9.17, 15) is 4.79 Å². The molecule has 0 aromatic heterocycles. The van der Waals surface area contributed by atoms with Gasteiger partial charge in [0.15, 0.2) is 0 Å². The molecule has 1 aromatic rings. The summed E-state index contributed by atoms with van der Waals surface area (Å²) >= 11 is 1.79. The number of benzene rings is 1. The van der Waals surface area contributed by atoms with Gasteiger partial charge in [0.2, 0.25) is 0 Å². The van der Waals surface area contributed by atoms with Crippen LogP contribution in [0.1, 0.15) is 31.4 Å². The van der Waals surface area contributed by atoms with E-state index in [1.165, 1.54) is 23.1 Å². The number of carbonyl (C=O) groups excluding carboxylic acids is 1. The fourth-order valence-corrected chi connectivity index (χ4v) is 3.09. The molecule has 112 valence electrons. The lowest BCUT2D eigenvalue weighted by Crippen LogP contribution is -2.41. The zero-order valence-corrected chi connectivity index (χ0v) is 13.8. The van der Waals surface area contributed by atoms with E-state index in [0.717, 1.165) is 12.2 Å². The molecule has 0 heterocycles. The fourth-order valence-electron chi connectivity index (χ4n) is 2.06. The number of rotatable bonds is 7. The average molecular weight is 295 g/mol. The van der Waals surface area contributed by atoms with Crippen LogP contribution in [-0.4, -0.2) is 30.9 Å². The number of methoxy groups -OCH3 is 1. The average Bonchev–Trinajstić information content (AvgIpc) is 2.38. The van der Waals surface area contributed by atoms with Gasteiger partial charge >= 0.3 is 5.97 Å². The van der Waals surface area contributed by atoms with Crippen LogP contribution in [0.15, 0.2) is 23.1 Å². The van der Waals surface area contributed by atoms with Gasteiger partial charge in [-0.25, -0.2) is 0 Å². The van der Waals surface area contributed by atoms with Gasteiger partial charge in [-0.15, -0.1) is 11.8 Å². The molecule has 0 saturated carbocycles. The Hall–Kier alpha value is -1.00. The van der Waals surface area contributed by atoms with Gasteiger partial charge in [-0.3, -0.25) is 4.79 Å². The Bertz CT molecular complexity index is 446. The maximum absolute atomic E-state index is 11.7. The maximum atomic E-state index is 11.7. The topological polar surface area (TPSA) is 38.3 Å². The summed E-state index contributed by atoms with van der Waals surface area (Å²) in [5.41, 5.74) is 2.57. The minimum atomic E-state index is -0.224. The van der Waals surface area contributed by atoms with Crippen molar-refractivity contribution in [3.63, 3.8) is 0 Å². The molecule has 0 amide bonds. The molecule has 0 aliphatic rings. The number of thioether (sulfide) groups is 1. The van der Waals surface area contributed by atoms with Crippen molar-refractivity contribution in [1.82, 2.24) is 5.32 Å². The molecule has 0 fully saturated rings. The van der Waals surface area contributed by atoms with Crippen molar-refractivity contribution in [3.05, 3.63) is 29.3 Å². The molecule has 0 aliphatic carbocycles. The van der Waals surface area contributed by atoms with Crippen LogP contribution in [0.25, 0.3) is 0 Å². The summed E-state index contributed by atoms with van der Waals surface area (Å²) in [6.07, 6.45) is 0.767. The van der Waals surface area contributed by atoms with Gasteiger partial charge in [-0.2, -0.15) is 0 Å². The molecular formula is C16H25NO2S. The minimum absolute atomic E-state index is 0.181. The molecule has 1 rings (SSSR count). The van der Waals surface area contributed by atoms with E-state index in [1.807, 2.05) is 13.8 Å². The lowest BCUT2D eigenvalue weighted by Gasteiger charge is -2.19. The number of carbonyl (C=O) groups is 1. The highest BCUT2D eigenvalue weighted by Crippen LogP contribution is 2.24. The first-order valence-electron chi connectivity index (χ1n) is 6.98. The quantitative estimate of drug-likeness (QED) is 0.618. The summed E-state index contributed by atoms with van der Waals surface area (Å²) in [4.78, 5) is 13.0. The zero-order chi connectivity index (χ0) is 15.1. The van der Waals surface area contributed by atoms with Crippen molar-refractivity contribution in [3.8, 4) is 0 Å². The van der Waals surface area contributed by atoms with E-state index in [-0.39, 0.29) is 18.1 Å². The fraction of sp³-hybridized carbons (Fsp3) is 0.562. The number of nitrogens with one attached hydrogen (secondary N) is 1. The number of esters is 1. The Labute approximate surface area is 126 Å². The van der Waals surface area contributed by atoms with Crippen LogP contribution in [0, 0.1) is 13.8 Å². The lowest BCUT2D eigenvalue weighted by atomic mass is 10.2. The molecular weight excluding hydrogens is 270 g/mol. The zero-order valence-electron chi connectivity index (χ0n) is 13.0. The van der Waals surface area contributed by atoms with E-state index in [4.69, 9.17) is 4.74 Å². The minimum Gasteiger partial charge on any atom is -0.468 e. The monoisotopic (exact) mass is 295 g/mol. The molecule has 1 aromatic carbocycles. The highest BCUT2D eigenvalue weighted by atomic mass is 32.2. The second kappa shape index (κ2) is 8.32. The summed E-state index contributed by atoms with van der Waals surface area (Å²) in [6.45, 7) is 8.29. The highest BCUT2D eigenvalue weighted by Gasteiger charge is 2.19. The van der Waals surface area contributed by atoms with Gasteiger partial charge in [-0.1, -0.05) is 31.5 Å². The summed E-state index contributed by atoms with van der Waals surface area (Å²) in [6, 6.07) is 6.51. The van der Waals surface area contributed by atoms with E-state index in [1.54, 1.807) is 11.8 Å². The number of aryl methyl sites for hydroxylation is 2. The van der Waals surface area contributed by atoms with Gasteiger partial charge in [0.25, 0.3) is 0 Å². The van der Waals surface area contributed by atoms with Gasteiger partial charge < -0.3 is 10.1 Å². The third kappa shape index (κ3) is 5.55. The molecule has 0 aliphatic heterocycles. The van der Waals surface area contributed by atoms with E-state index in [0.29, 0.717) is 0 Å². The molecule has 1 N–H and O–H groups in total. The van der Waals surface area contributed by atoms with Crippen molar-refractivity contribution >= 4 is 17.7 Å². The van der Waals surface area contributed by atoms with Crippen LogP contribution < -0.4 is 5.32 Å². The van der Waals surface area contributed by atoms with E-state index < -0.39 is 0 Å². The van der Waals surface area contributed by atoms with Crippen LogP contribution in [-0.2, 0) is 9.53 Å². The normalized spacial score (nSPS) is 12.5. The summed E-state index contributed by atoms with van der Waals surface area (Å²) in [5.74, 6) is 0.712. The van der Waals surface area contributed by atoms with Crippen molar-refractivity contribution < 1.29 is 9.53 Å². The maximum Gasteiger partial charge on any atom is 0.322 e. The molecule has 3 nitrogen and oxygen atoms in total. The second-order valence-electron chi connectivity index (χ2n) is 5.30. The van der Waals surface area contributed by atoms with Gasteiger partial charge in [0, 0.05) is 16.7 Å². The number of hydrogen-bond donors (Lipinski definition) is 1. The molecule has 0 radical (unpaired) electrons. The first-order chi connectivity index (χ1) is 9.43. The van der Waals surface area contributed by atoms with Crippen LogP contribution >= 0.6 is 11.8 Å². The third-order valence-electron chi connectivity index (χ3n) is 3.01. The first kappa shape index (κ1) is 17.1. The Balaban J connectivity index is 2.53. The van der Waals surface area contributed by atoms with Gasteiger partial charge in [0.1, 0.15) is 6.04 Å². The van der Waals surface area contributed by atoms with Crippen molar-refractivity contribution in [2.45, 2.75) is 51.1 Å². The highest BCUT2D eigenvalue weighted by molar-refractivity contribution is 7.99. The SMILES string of the molecule is COC(=O)C(CCSc1ccc(C)cc1C)NC(C)C. The summed E-state index contributed by atoms with van der Waals surface area (Å²) in [5, 5.41) is 3.25. The summed E-state index contributed by atoms with van der Waals surface area (Å²) < 4.78 is 4.84. The lowest BCUT2D eigenvalue weighted by molar-refractivity contribution is -0.143. The van der Waals surface area contributed by atoms with Crippen LogP contribution in [0.2, 0.25) is 0 Å². The number of ether oxygens (including phenoxy) is 1. The predicted molar refractivity (Wildman–Crippen MR) is 85.3 cm³/mol. The Morgan fingerprint density at radius 3 is 2.60 bits per heavy atom. The van der Waals surface area contributed by atoms with E-state index in [2.05, 4.69) is 37.4 Å². The third-order valence-corrected chi connectivity index (χ3v) is 4.22. The molecule has 0 spiro atoms. The van der Waals surface area contributed by atoms with Crippen molar-refractivity contribution in [2.24, 2.45) is 0 Å². The largest absolute Gasteiger partial charge is 0.468 e. The van der Waals surface area contributed by atoms with Gasteiger partial charge in [-0.05, 0) is 31.9 Å². The van der Waals surface area contributed by atoms with Gasteiger partial charge in [0.05, 0.1) is 7.11 Å². The first-order valence-corrected chi connectivity index (χ1v) is 7.96. The number of hydrogen-bond acceptors (Lipinski definition) is 4. The Morgan fingerprint density at radius 2 is 2.05 bits per heavy atom. The standard InChI is InChI=1S/C16H25NO2S/c1-11(2)17-14(16(18)19-5)8-9-20-15-7-6-12(3)10-13(15)4/h6-7,10-11,14,17H,8-9H2,1-5H3. The van der Waals surface area contributed by atoms with E-state index >= 15 is 0 Å². The molecule has 20 heavy (non-hydrogen) atoms. The molecule has 0 saturated heterocycles. The predicted octanol–water partition coefficient (Wildman–Crippen LogP) is 3.33. The Kier molecular flexibility index (Phi) is 7.10. The van der Waals surface area contributed by atoms with Crippen LogP contribution in [0.3, 0.4) is 0 Å². The summed E-state index contributed by atoms with van der Waals surface area (Å²) in [7, 11) is 1.44. The van der Waals surface area contributed by atoms with Crippen molar-refractivity contribution in [1.29, 1.82) is 0 Å². The molecule has 0 bridgehead atoms. The second-order valence-corrected chi connectivity index (χ2v) is 6.44. The molecule has 4 heteroatoms. The van der Waals surface area contributed by atoms with Crippen LogP contribution in [0.4, 0.5) is 0 Å². The molecule has 1 atom stereocenters. The smallest absolute Gasteiger partial charge is 0.322 e. The Morgan fingerprint density at radius 1 is 1.35 bits per heavy atom. The van der Waals surface area contributed by atoms with Crippen LogP contribution in [0.5, 0.6) is 0 Å². The van der Waals surface area contributed by atoms with Crippen molar-refractivity contribution in [2.75, 3.05) is 12.9 Å². The molecule has 1 unspecified atom stereocenters.